The average Bonchev–Trinajstić information content (AvgIpc) is 3.20. The van der Waals surface area contributed by atoms with Crippen molar-refractivity contribution < 1.29 is 4.39 Å². The first-order valence-corrected chi connectivity index (χ1v) is 7.43. The standard InChI is InChI=1S/C13H10Br2FN3/c14-8-5-7(3-4-9(8)16)13-18-11(6-1-2-6)10(15)12(17)19-13/h3-6H,1-2H2,(H2,17,18,19). The Morgan fingerprint density at radius 2 is 1.95 bits per heavy atom. The maximum atomic E-state index is 13.3. The van der Waals surface area contributed by atoms with Crippen molar-refractivity contribution in [2.24, 2.45) is 0 Å². The van der Waals surface area contributed by atoms with Gasteiger partial charge in [-0.3, -0.25) is 0 Å². The summed E-state index contributed by atoms with van der Waals surface area (Å²) < 4.78 is 14.4. The minimum absolute atomic E-state index is 0.309. The summed E-state index contributed by atoms with van der Waals surface area (Å²) in [7, 11) is 0. The van der Waals surface area contributed by atoms with Crippen molar-refractivity contribution in [1.29, 1.82) is 0 Å². The first kappa shape index (κ1) is 13.0. The molecule has 2 aromatic rings. The third kappa shape index (κ3) is 2.51. The van der Waals surface area contributed by atoms with Gasteiger partial charge < -0.3 is 5.73 Å². The van der Waals surface area contributed by atoms with Crippen LogP contribution in [0.25, 0.3) is 11.4 Å². The Labute approximate surface area is 126 Å². The lowest BCUT2D eigenvalue weighted by atomic mass is 10.2. The second-order valence-corrected chi connectivity index (χ2v) is 6.18. The van der Waals surface area contributed by atoms with E-state index in [1.165, 1.54) is 6.07 Å². The van der Waals surface area contributed by atoms with Crippen LogP contribution in [0.1, 0.15) is 24.5 Å². The van der Waals surface area contributed by atoms with Gasteiger partial charge in [0.05, 0.1) is 14.6 Å². The Morgan fingerprint density at radius 3 is 2.58 bits per heavy atom. The molecule has 0 unspecified atom stereocenters. The number of hydrogen-bond donors (Lipinski definition) is 1. The molecule has 19 heavy (non-hydrogen) atoms. The van der Waals surface area contributed by atoms with Crippen LogP contribution in [0.4, 0.5) is 10.2 Å². The number of hydrogen-bond acceptors (Lipinski definition) is 3. The summed E-state index contributed by atoms with van der Waals surface area (Å²) in [5, 5.41) is 0. The van der Waals surface area contributed by atoms with Crippen LogP contribution in [-0.2, 0) is 0 Å². The zero-order valence-corrected chi connectivity index (χ0v) is 13.0. The van der Waals surface area contributed by atoms with Crippen LogP contribution < -0.4 is 5.73 Å². The van der Waals surface area contributed by atoms with Crippen molar-refractivity contribution in [1.82, 2.24) is 9.97 Å². The molecule has 0 spiro atoms. The van der Waals surface area contributed by atoms with E-state index in [1.807, 2.05) is 0 Å². The Hall–Kier alpha value is -1.01. The summed E-state index contributed by atoms with van der Waals surface area (Å²) in [6, 6.07) is 4.70. The Morgan fingerprint density at radius 1 is 1.21 bits per heavy atom. The number of benzene rings is 1. The van der Waals surface area contributed by atoms with E-state index in [2.05, 4.69) is 41.8 Å². The van der Waals surface area contributed by atoms with Crippen LogP contribution in [0.5, 0.6) is 0 Å². The topological polar surface area (TPSA) is 51.8 Å². The second kappa shape index (κ2) is 4.83. The molecule has 1 aromatic heterocycles. The number of nitrogens with two attached hydrogens (primary N) is 1. The third-order valence-corrected chi connectivity index (χ3v) is 4.46. The van der Waals surface area contributed by atoms with Crippen LogP contribution >= 0.6 is 31.9 Å². The first-order valence-electron chi connectivity index (χ1n) is 5.84. The molecule has 0 amide bonds. The molecule has 1 aliphatic carbocycles. The summed E-state index contributed by atoms with van der Waals surface area (Å²) in [4.78, 5) is 8.82. The SMILES string of the molecule is Nc1nc(-c2ccc(F)c(Br)c2)nc(C2CC2)c1Br. The molecule has 0 radical (unpaired) electrons. The largest absolute Gasteiger partial charge is 0.383 e. The molecule has 2 N–H and O–H groups in total. The molecule has 0 saturated heterocycles. The van der Waals surface area contributed by atoms with Crippen molar-refractivity contribution >= 4 is 37.7 Å². The van der Waals surface area contributed by atoms with E-state index in [0.29, 0.717) is 22.0 Å². The predicted octanol–water partition coefficient (Wildman–Crippen LogP) is 4.27. The smallest absolute Gasteiger partial charge is 0.161 e. The van der Waals surface area contributed by atoms with E-state index in [0.717, 1.165) is 28.6 Å². The lowest BCUT2D eigenvalue weighted by molar-refractivity contribution is 0.621. The lowest BCUT2D eigenvalue weighted by Gasteiger charge is -2.08. The highest BCUT2D eigenvalue weighted by Crippen LogP contribution is 2.44. The molecule has 1 aliphatic rings. The highest BCUT2D eigenvalue weighted by molar-refractivity contribution is 9.11. The molecular weight excluding hydrogens is 377 g/mol. The van der Waals surface area contributed by atoms with E-state index < -0.39 is 0 Å². The van der Waals surface area contributed by atoms with Crippen molar-refractivity contribution in [3.63, 3.8) is 0 Å². The number of rotatable bonds is 2. The molecule has 6 heteroatoms. The van der Waals surface area contributed by atoms with E-state index >= 15 is 0 Å². The summed E-state index contributed by atoms with van der Waals surface area (Å²) in [5.41, 5.74) is 7.60. The molecule has 1 aromatic carbocycles. The summed E-state index contributed by atoms with van der Waals surface area (Å²) in [6.45, 7) is 0. The molecule has 3 nitrogen and oxygen atoms in total. The van der Waals surface area contributed by atoms with Gasteiger partial charge in [0.1, 0.15) is 11.6 Å². The van der Waals surface area contributed by atoms with Crippen LogP contribution in [0.3, 0.4) is 0 Å². The molecule has 0 atom stereocenters. The van der Waals surface area contributed by atoms with E-state index in [-0.39, 0.29) is 5.82 Å². The quantitative estimate of drug-likeness (QED) is 0.838. The fourth-order valence-electron chi connectivity index (χ4n) is 1.87. The molecular formula is C13H10Br2FN3. The highest BCUT2D eigenvalue weighted by Gasteiger charge is 2.29. The Kier molecular flexibility index (Phi) is 3.30. The fraction of sp³-hybridized carbons (Fsp3) is 0.231. The van der Waals surface area contributed by atoms with Crippen molar-refractivity contribution in [3.8, 4) is 11.4 Å². The maximum absolute atomic E-state index is 13.3. The monoisotopic (exact) mass is 385 g/mol. The number of anilines is 1. The van der Waals surface area contributed by atoms with Gasteiger partial charge in [0.15, 0.2) is 5.82 Å². The number of aromatic nitrogens is 2. The summed E-state index contributed by atoms with van der Waals surface area (Å²) in [6.07, 6.45) is 2.25. The predicted molar refractivity (Wildman–Crippen MR) is 79.2 cm³/mol. The summed E-state index contributed by atoms with van der Waals surface area (Å²) in [5.74, 6) is 1.11. The van der Waals surface area contributed by atoms with Gasteiger partial charge in [0, 0.05) is 11.5 Å². The minimum Gasteiger partial charge on any atom is -0.383 e. The molecule has 1 heterocycles. The average molecular weight is 387 g/mol. The maximum Gasteiger partial charge on any atom is 0.161 e. The normalized spacial score (nSPS) is 14.7. The molecule has 1 fully saturated rings. The van der Waals surface area contributed by atoms with Crippen LogP contribution in [-0.4, -0.2) is 9.97 Å². The molecule has 3 rings (SSSR count). The van der Waals surface area contributed by atoms with Crippen molar-refractivity contribution in [2.75, 3.05) is 5.73 Å². The van der Waals surface area contributed by atoms with Crippen LogP contribution in [0.15, 0.2) is 27.1 Å². The molecule has 0 bridgehead atoms. The molecule has 98 valence electrons. The summed E-state index contributed by atoms with van der Waals surface area (Å²) >= 11 is 6.60. The van der Waals surface area contributed by atoms with Gasteiger partial charge in [-0.15, -0.1) is 0 Å². The fourth-order valence-corrected chi connectivity index (χ4v) is 2.75. The van der Waals surface area contributed by atoms with Crippen molar-refractivity contribution in [2.45, 2.75) is 18.8 Å². The minimum atomic E-state index is -0.309. The molecule has 0 aliphatic heterocycles. The highest BCUT2D eigenvalue weighted by atomic mass is 79.9. The van der Waals surface area contributed by atoms with E-state index in [1.54, 1.807) is 12.1 Å². The van der Waals surface area contributed by atoms with Crippen LogP contribution in [0.2, 0.25) is 0 Å². The number of nitrogen functional groups attached to an aromatic ring is 1. The number of nitrogens with zero attached hydrogens (tertiary/aromatic N) is 2. The van der Waals surface area contributed by atoms with Gasteiger partial charge in [0.2, 0.25) is 0 Å². The van der Waals surface area contributed by atoms with Gasteiger partial charge in [0.25, 0.3) is 0 Å². The lowest BCUT2D eigenvalue weighted by Crippen LogP contribution is -2.02. The Bertz CT molecular complexity index is 657. The van der Waals surface area contributed by atoms with Gasteiger partial charge >= 0.3 is 0 Å². The van der Waals surface area contributed by atoms with E-state index in [9.17, 15) is 4.39 Å². The van der Waals surface area contributed by atoms with Crippen molar-refractivity contribution in [3.05, 3.63) is 38.7 Å². The van der Waals surface area contributed by atoms with Gasteiger partial charge in [-0.25, -0.2) is 14.4 Å². The van der Waals surface area contributed by atoms with Gasteiger partial charge in [-0.1, -0.05) is 0 Å². The third-order valence-electron chi connectivity index (χ3n) is 3.04. The second-order valence-electron chi connectivity index (χ2n) is 4.53. The van der Waals surface area contributed by atoms with Gasteiger partial charge in [-0.05, 0) is 62.9 Å². The first-order chi connectivity index (χ1) is 9.06. The zero-order chi connectivity index (χ0) is 13.6. The number of halogens is 3. The van der Waals surface area contributed by atoms with Crippen LogP contribution in [0, 0.1) is 5.82 Å². The van der Waals surface area contributed by atoms with Gasteiger partial charge in [-0.2, -0.15) is 0 Å². The van der Waals surface area contributed by atoms with E-state index in [4.69, 9.17) is 5.73 Å². The Balaban J connectivity index is 2.11. The zero-order valence-electron chi connectivity index (χ0n) is 9.83. The molecule has 1 saturated carbocycles.